The highest BCUT2D eigenvalue weighted by Gasteiger charge is 2.11. The standard InChI is InChI=1S/C14H9FN2O3/c15-10-7-8(5-6-9(10)13(18)19)16-14-17-11-3-1-2-4-12(11)20-14/h1-7H,(H,16,17)(H,18,19). The van der Waals surface area contributed by atoms with E-state index in [1.807, 2.05) is 12.1 Å². The van der Waals surface area contributed by atoms with E-state index in [0.29, 0.717) is 16.8 Å². The first-order valence-electron chi connectivity index (χ1n) is 5.79. The Morgan fingerprint density at radius 3 is 2.75 bits per heavy atom. The lowest BCUT2D eigenvalue weighted by Crippen LogP contribution is -2.01. The lowest BCUT2D eigenvalue weighted by atomic mass is 10.2. The number of rotatable bonds is 3. The zero-order valence-electron chi connectivity index (χ0n) is 10.1. The number of para-hydroxylation sites is 2. The van der Waals surface area contributed by atoms with E-state index in [1.54, 1.807) is 12.1 Å². The van der Waals surface area contributed by atoms with Crippen LogP contribution in [0.5, 0.6) is 0 Å². The molecule has 0 aliphatic heterocycles. The molecule has 2 aromatic carbocycles. The van der Waals surface area contributed by atoms with Crippen LogP contribution in [0.25, 0.3) is 11.1 Å². The Hall–Kier alpha value is -2.89. The maximum Gasteiger partial charge on any atom is 0.338 e. The van der Waals surface area contributed by atoms with Gasteiger partial charge in [0, 0.05) is 5.69 Å². The summed E-state index contributed by atoms with van der Waals surface area (Å²) in [5.74, 6) is -2.13. The van der Waals surface area contributed by atoms with Crippen molar-refractivity contribution in [1.29, 1.82) is 0 Å². The summed E-state index contributed by atoms with van der Waals surface area (Å²) >= 11 is 0. The van der Waals surface area contributed by atoms with E-state index >= 15 is 0 Å². The summed E-state index contributed by atoms with van der Waals surface area (Å²) in [6.45, 7) is 0. The molecular formula is C14H9FN2O3. The van der Waals surface area contributed by atoms with Crippen LogP contribution in [0.15, 0.2) is 46.9 Å². The Labute approximate surface area is 112 Å². The lowest BCUT2D eigenvalue weighted by molar-refractivity contribution is 0.0692. The second-order valence-corrected chi connectivity index (χ2v) is 4.11. The fourth-order valence-electron chi connectivity index (χ4n) is 1.82. The minimum Gasteiger partial charge on any atom is -0.478 e. The predicted molar refractivity (Wildman–Crippen MR) is 70.7 cm³/mol. The van der Waals surface area contributed by atoms with Gasteiger partial charge in [0.1, 0.15) is 11.3 Å². The highest BCUT2D eigenvalue weighted by Crippen LogP contribution is 2.23. The molecule has 100 valence electrons. The molecule has 1 heterocycles. The zero-order chi connectivity index (χ0) is 14.1. The van der Waals surface area contributed by atoms with Gasteiger partial charge < -0.3 is 14.8 Å². The molecule has 0 saturated carbocycles. The summed E-state index contributed by atoms with van der Waals surface area (Å²) < 4.78 is 19.0. The van der Waals surface area contributed by atoms with Crippen molar-refractivity contribution in [2.45, 2.75) is 0 Å². The summed E-state index contributed by atoms with van der Waals surface area (Å²) in [4.78, 5) is 14.9. The van der Waals surface area contributed by atoms with Gasteiger partial charge in [0.25, 0.3) is 6.01 Å². The van der Waals surface area contributed by atoms with Crippen LogP contribution >= 0.6 is 0 Å². The number of nitrogens with one attached hydrogen (secondary N) is 1. The molecule has 0 saturated heterocycles. The first-order valence-corrected chi connectivity index (χ1v) is 5.79. The summed E-state index contributed by atoms with van der Waals surface area (Å²) in [5.41, 5.74) is 1.27. The number of hydrogen-bond donors (Lipinski definition) is 2. The van der Waals surface area contributed by atoms with E-state index in [1.165, 1.54) is 12.1 Å². The number of fused-ring (bicyclic) bond motifs is 1. The van der Waals surface area contributed by atoms with Crippen LogP contribution in [-0.2, 0) is 0 Å². The van der Waals surface area contributed by atoms with Crippen LogP contribution < -0.4 is 5.32 Å². The Balaban J connectivity index is 1.90. The Kier molecular flexibility index (Phi) is 2.83. The van der Waals surface area contributed by atoms with Crippen LogP contribution in [0.3, 0.4) is 0 Å². The number of aromatic nitrogens is 1. The largest absolute Gasteiger partial charge is 0.478 e. The van der Waals surface area contributed by atoms with Gasteiger partial charge in [0.2, 0.25) is 0 Å². The molecule has 1 aromatic heterocycles. The van der Waals surface area contributed by atoms with Crippen LogP contribution in [0, 0.1) is 5.82 Å². The van der Waals surface area contributed by atoms with Crippen molar-refractivity contribution < 1.29 is 18.7 Å². The highest BCUT2D eigenvalue weighted by atomic mass is 19.1. The average molecular weight is 272 g/mol. The van der Waals surface area contributed by atoms with E-state index in [9.17, 15) is 9.18 Å². The molecule has 0 bridgehead atoms. The maximum absolute atomic E-state index is 13.5. The van der Waals surface area contributed by atoms with Crippen LogP contribution in [-0.4, -0.2) is 16.1 Å². The molecule has 6 heteroatoms. The molecule has 20 heavy (non-hydrogen) atoms. The minimum atomic E-state index is -1.31. The Morgan fingerprint density at radius 2 is 2.05 bits per heavy atom. The van der Waals surface area contributed by atoms with Gasteiger partial charge in [-0.3, -0.25) is 0 Å². The average Bonchev–Trinajstić information content (AvgIpc) is 2.80. The number of carbonyl (C=O) groups is 1. The molecule has 3 rings (SSSR count). The van der Waals surface area contributed by atoms with Crippen molar-refractivity contribution >= 4 is 28.8 Å². The van der Waals surface area contributed by atoms with E-state index in [-0.39, 0.29) is 11.6 Å². The van der Waals surface area contributed by atoms with Crippen LogP contribution in [0.1, 0.15) is 10.4 Å². The number of carboxylic acids is 1. The molecule has 3 aromatic rings. The number of oxazole rings is 1. The topological polar surface area (TPSA) is 75.4 Å². The van der Waals surface area contributed by atoms with Crippen molar-refractivity contribution in [3.8, 4) is 0 Å². The number of aromatic carboxylic acids is 1. The molecule has 0 atom stereocenters. The van der Waals surface area contributed by atoms with Gasteiger partial charge in [-0.05, 0) is 30.3 Å². The van der Waals surface area contributed by atoms with Gasteiger partial charge in [0.15, 0.2) is 5.58 Å². The maximum atomic E-state index is 13.5. The summed E-state index contributed by atoms with van der Waals surface area (Å²) in [7, 11) is 0. The smallest absolute Gasteiger partial charge is 0.338 e. The minimum absolute atomic E-state index is 0.216. The molecular weight excluding hydrogens is 263 g/mol. The summed E-state index contributed by atoms with van der Waals surface area (Å²) in [6, 6.07) is 11.1. The Morgan fingerprint density at radius 1 is 1.25 bits per heavy atom. The number of nitrogens with zero attached hydrogens (tertiary/aromatic N) is 1. The van der Waals surface area contributed by atoms with E-state index in [0.717, 1.165) is 6.07 Å². The van der Waals surface area contributed by atoms with Gasteiger partial charge in [-0.25, -0.2) is 9.18 Å². The molecule has 0 amide bonds. The molecule has 0 radical (unpaired) electrons. The molecule has 0 aliphatic rings. The number of carboxylic acid groups (broad SMARTS) is 1. The zero-order valence-corrected chi connectivity index (χ0v) is 10.1. The molecule has 0 aliphatic carbocycles. The van der Waals surface area contributed by atoms with Crippen molar-refractivity contribution in [1.82, 2.24) is 4.98 Å². The second kappa shape index (κ2) is 4.65. The first kappa shape index (κ1) is 12.2. The number of anilines is 2. The van der Waals surface area contributed by atoms with E-state index in [2.05, 4.69) is 10.3 Å². The SMILES string of the molecule is O=C(O)c1ccc(Nc2nc3ccccc3o2)cc1F. The lowest BCUT2D eigenvalue weighted by Gasteiger charge is -2.03. The molecule has 0 fully saturated rings. The second-order valence-electron chi connectivity index (χ2n) is 4.11. The van der Waals surface area contributed by atoms with Crippen LogP contribution in [0.4, 0.5) is 16.1 Å². The van der Waals surface area contributed by atoms with Gasteiger partial charge in [-0.1, -0.05) is 12.1 Å². The summed E-state index contributed by atoms with van der Waals surface area (Å²) in [6.07, 6.45) is 0. The van der Waals surface area contributed by atoms with Gasteiger partial charge in [0.05, 0.1) is 5.56 Å². The van der Waals surface area contributed by atoms with Crippen molar-refractivity contribution in [2.75, 3.05) is 5.32 Å². The van der Waals surface area contributed by atoms with E-state index < -0.39 is 11.8 Å². The molecule has 0 unspecified atom stereocenters. The third-order valence-corrected chi connectivity index (χ3v) is 2.74. The normalized spacial score (nSPS) is 10.7. The Bertz CT molecular complexity index is 765. The quantitative estimate of drug-likeness (QED) is 0.764. The summed E-state index contributed by atoms with van der Waals surface area (Å²) in [5, 5.41) is 11.5. The molecule has 0 spiro atoms. The highest BCUT2D eigenvalue weighted by molar-refractivity contribution is 5.88. The molecule has 2 N–H and O–H groups in total. The van der Waals surface area contributed by atoms with Crippen molar-refractivity contribution in [2.24, 2.45) is 0 Å². The van der Waals surface area contributed by atoms with Crippen molar-refractivity contribution in [3.63, 3.8) is 0 Å². The fraction of sp³-hybridized carbons (Fsp3) is 0. The van der Waals surface area contributed by atoms with Gasteiger partial charge >= 0.3 is 5.97 Å². The van der Waals surface area contributed by atoms with Gasteiger partial charge in [-0.15, -0.1) is 0 Å². The monoisotopic (exact) mass is 272 g/mol. The number of halogens is 1. The van der Waals surface area contributed by atoms with Gasteiger partial charge in [-0.2, -0.15) is 4.98 Å². The number of benzene rings is 2. The van der Waals surface area contributed by atoms with Crippen LogP contribution in [0.2, 0.25) is 0 Å². The number of hydrogen-bond acceptors (Lipinski definition) is 4. The van der Waals surface area contributed by atoms with Crippen molar-refractivity contribution in [3.05, 3.63) is 53.8 Å². The fourth-order valence-corrected chi connectivity index (χ4v) is 1.82. The predicted octanol–water partition coefficient (Wildman–Crippen LogP) is 3.41. The molecule has 5 nitrogen and oxygen atoms in total. The third-order valence-electron chi connectivity index (χ3n) is 2.74. The first-order chi connectivity index (χ1) is 9.63. The third kappa shape index (κ3) is 2.18. The van der Waals surface area contributed by atoms with E-state index in [4.69, 9.17) is 9.52 Å².